The second-order valence-corrected chi connectivity index (χ2v) is 6.19. The lowest BCUT2D eigenvalue weighted by molar-refractivity contribution is -0.140. The zero-order chi connectivity index (χ0) is 16.8. The summed E-state index contributed by atoms with van der Waals surface area (Å²) >= 11 is 0. The number of benzene rings is 1. The van der Waals surface area contributed by atoms with Gasteiger partial charge in [-0.3, -0.25) is 0 Å². The van der Waals surface area contributed by atoms with Crippen molar-refractivity contribution in [3.8, 4) is 0 Å². The molecule has 1 aromatic carbocycles. The topological polar surface area (TPSA) is 64.6 Å². The predicted molar refractivity (Wildman–Crippen MR) is 86.6 cm³/mol. The van der Waals surface area contributed by atoms with E-state index >= 15 is 0 Å². The highest BCUT2D eigenvalue weighted by atomic mass is 16.6. The predicted octanol–water partition coefficient (Wildman–Crippen LogP) is 3.20. The van der Waals surface area contributed by atoms with Crippen LogP contribution >= 0.6 is 0 Å². The second-order valence-electron chi connectivity index (χ2n) is 6.19. The first-order chi connectivity index (χ1) is 11.0. The van der Waals surface area contributed by atoms with Gasteiger partial charge in [0.2, 0.25) is 0 Å². The van der Waals surface area contributed by atoms with Crippen molar-refractivity contribution >= 4 is 12.1 Å². The smallest absolute Gasteiger partial charge is 0.407 e. The number of hydrogen-bond donors (Lipinski definition) is 1. The molecular formula is C18H23NO4. The van der Waals surface area contributed by atoms with Gasteiger partial charge in [-0.15, -0.1) is 0 Å². The molecule has 1 heterocycles. The van der Waals surface area contributed by atoms with Gasteiger partial charge in [0.25, 0.3) is 0 Å². The molecule has 5 heteroatoms. The van der Waals surface area contributed by atoms with Crippen LogP contribution < -0.4 is 5.32 Å². The molecule has 2 atom stereocenters. The van der Waals surface area contributed by atoms with Crippen molar-refractivity contribution in [2.24, 2.45) is 5.92 Å². The van der Waals surface area contributed by atoms with Gasteiger partial charge in [0.05, 0.1) is 6.04 Å². The summed E-state index contributed by atoms with van der Waals surface area (Å²) < 4.78 is 10.5. The van der Waals surface area contributed by atoms with E-state index in [0.29, 0.717) is 24.3 Å². The maximum atomic E-state index is 12.0. The number of alkyl carbamates (subject to hydrolysis) is 1. The first-order valence-corrected chi connectivity index (χ1v) is 7.81. The van der Waals surface area contributed by atoms with Gasteiger partial charge in [0.1, 0.15) is 12.7 Å². The van der Waals surface area contributed by atoms with Crippen LogP contribution in [0.25, 0.3) is 0 Å². The summed E-state index contributed by atoms with van der Waals surface area (Å²) in [4.78, 5) is 23.5. The summed E-state index contributed by atoms with van der Waals surface area (Å²) in [7, 11) is 0. The molecule has 0 aliphatic carbocycles. The maximum absolute atomic E-state index is 12.0. The van der Waals surface area contributed by atoms with E-state index in [0.717, 1.165) is 5.56 Å². The Balaban J connectivity index is 1.90. The number of hydrogen-bond acceptors (Lipinski definition) is 4. The van der Waals surface area contributed by atoms with Gasteiger partial charge in [0.15, 0.2) is 0 Å². The number of amides is 1. The summed E-state index contributed by atoms with van der Waals surface area (Å²) in [6.45, 7) is 7.99. The van der Waals surface area contributed by atoms with Crippen LogP contribution in [-0.2, 0) is 20.9 Å². The van der Waals surface area contributed by atoms with Crippen molar-refractivity contribution in [1.29, 1.82) is 0 Å². The Morgan fingerprint density at radius 3 is 2.65 bits per heavy atom. The van der Waals surface area contributed by atoms with Crippen molar-refractivity contribution < 1.29 is 19.1 Å². The van der Waals surface area contributed by atoms with Crippen LogP contribution in [0.3, 0.4) is 0 Å². The highest BCUT2D eigenvalue weighted by molar-refractivity contribution is 5.90. The van der Waals surface area contributed by atoms with Gasteiger partial charge in [-0.05, 0) is 17.9 Å². The number of carbonyl (C=O) groups is 2. The Kier molecular flexibility index (Phi) is 5.79. The summed E-state index contributed by atoms with van der Waals surface area (Å²) in [5.74, 6) is -0.0369. The van der Waals surface area contributed by atoms with E-state index in [-0.39, 0.29) is 24.7 Å². The minimum absolute atomic E-state index is 0.207. The lowest BCUT2D eigenvalue weighted by Gasteiger charge is -2.24. The van der Waals surface area contributed by atoms with E-state index in [9.17, 15) is 9.59 Å². The lowest BCUT2D eigenvalue weighted by atomic mass is 9.97. The summed E-state index contributed by atoms with van der Waals surface area (Å²) in [5, 5.41) is 2.82. The number of nitrogens with one attached hydrogen (secondary N) is 1. The molecule has 5 nitrogen and oxygen atoms in total. The van der Waals surface area contributed by atoms with Gasteiger partial charge < -0.3 is 14.8 Å². The van der Waals surface area contributed by atoms with E-state index in [2.05, 4.69) is 25.7 Å². The van der Waals surface area contributed by atoms with Crippen LogP contribution in [0.1, 0.15) is 32.3 Å². The van der Waals surface area contributed by atoms with E-state index in [1.807, 2.05) is 30.3 Å². The largest absolute Gasteiger partial charge is 0.456 e. The molecule has 1 N–H and O–H groups in total. The van der Waals surface area contributed by atoms with E-state index in [1.54, 1.807) is 0 Å². The average molecular weight is 317 g/mol. The van der Waals surface area contributed by atoms with Crippen LogP contribution in [0.15, 0.2) is 42.5 Å². The fourth-order valence-corrected chi connectivity index (χ4v) is 2.54. The normalized spacial score (nSPS) is 18.7. The van der Waals surface area contributed by atoms with Gasteiger partial charge in [-0.2, -0.15) is 0 Å². The highest BCUT2D eigenvalue weighted by Crippen LogP contribution is 2.24. The quantitative estimate of drug-likeness (QED) is 0.646. The first kappa shape index (κ1) is 17.1. The Bertz CT molecular complexity index is 552. The minimum Gasteiger partial charge on any atom is -0.456 e. The fraction of sp³-hybridized carbons (Fsp3) is 0.444. The number of rotatable bonds is 6. The molecule has 2 rings (SSSR count). The molecule has 124 valence electrons. The molecule has 1 amide bonds. The number of esters is 1. The first-order valence-electron chi connectivity index (χ1n) is 7.81. The monoisotopic (exact) mass is 317 g/mol. The van der Waals surface area contributed by atoms with Crippen LogP contribution in [0, 0.1) is 5.92 Å². The lowest BCUT2D eigenvalue weighted by Crippen LogP contribution is -2.44. The van der Waals surface area contributed by atoms with Crippen LogP contribution in [0.4, 0.5) is 4.79 Å². The molecule has 0 aromatic heterocycles. The van der Waals surface area contributed by atoms with E-state index < -0.39 is 6.09 Å². The summed E-state index contributed by atoms with van der Waals surface area (Å²) in [5.41, 5.74) is 1.37. The molecule has 0 unspecified atom stereocenters. The van der Waals surface area contributed by atoms with Crippen molar-refractivity contribution in [3.63, 3.8) is 0 Å². The number of carbonyl (C=O) groups excluding carboxylic acids is 2. The third-order valence-electron chi connectivity index (χ3n) is 3.68. The molecule has 1 fully saturated rings. The molecule has 0 spiro atoms. The Morgan fingerprint density at radius 2 is 2.09 bits per heavy atom. The van der Waals surface area contributed by atoms with Crippen LogP contribution in [-0.4, -0.2) is 24.2 Å². The molecule has 1 aromatic rings. The van der Waals surface area contributed by atoms with Crippen molar-refractivity contribution in [2.75, 3.05) is 0 Å². The summed E-state index contributed by atoms with van der Waals surface area (Å²) in [6, 6.07) is 9.19. The second kappa shape index (κ2) is 7.81. The Labute approximate surface area is 136 Å². The zero-order valence-electron chi connectivity index (χ0n) is 13.6. The van der Waals surface area contributed by atoms with E-state index in [1.165, 1.54) is 0 Å². The molecule has 1 aliphatic heterocycles. The molecular weight excluding hydrogens is 294 g/mol. The average Bonchev–Trinajstić information content (AvgIpc) is 2.85. The van der Waals surface area contributed by atoms with Crippen molar-refractivity contribution in [3.05, 3.63) is 48.0 Å². The zero-order valence-corrected chi connectivity index (χ0v) is 13.6. The molecule has 1 aliphatic rings. The maximum Gasteiger partial charge on any atom is 0.407 e. The van der Waals surface area contributed by atoms with Gasteiger partial charge in [-0.1, -0.05) is 50.8 Å². The van der Waals surface area contributed by atoms with E-state index in [4.69, 9.17) is 9.47 Å². The van der Waals surface area contributed by atoms with Crippen LogP contribution in [0.2, 0.25) is 0 Å². The number of ether oxygens (including phenoxy) is 2. The van der Waals surface area contributed by atoms with Gasteiger partial charge >= 0.3 is 12.1 Å². The minimum atomic E-state index is -0.506. The van der Waals surface area contributed by atoms with Gasteiger partial charge in [-0.25, -0.2) is 9.59 Å². The third-order valence-corrected chi connectivity index (χ3v) is 3.68. The highest BCUT2D eigenvalue weighted by Gasteiger charge is 2.35. The third kappa shape index (κ3) is 5.13. The number of cyclic esters (lactones) is 1. The summed E-state index contributed by atoms with van der Waals surface area (Å²) in [6.07, 6.45) is 0.260. The van der Waals surface area contributed by atoms with Crippen LogP contribution in [0.5, 0.6) is 0 Å². The fourth-order valence-electron chi connectivity index (χ4n) is 2.54. The van der Waals surface area contributed by atoms with Gasteiger partial charge in [0, 0.05) is 12.0 Å². The standard InChI is InChI=1S/C18H23NO4/c1-12(2)9-15(16-10-13(3)17(20)23-16)19-18(21)22-11-14-7-5-4-6-8-14/h4-8,12,15-16H,3,9-11H2,1-2H3,(H,19,21)/t15-,16-/m0/s1. The SMILES string of the molecule is C=C1C[C@@H]([C@H](CC(C)C)NC(=O)OCc2ccccc2)OC1=O. The molecule has 1 saturated heterocycles. The molecule has 0 saturated carbocycles. The molecule has 0 bridgehead atoms. The Morgan fingerprint density at radius 1 is 1.39 bits per heavy atom. The van der Waals surface area contributed by atoms with Crippen molar-refractivity contribution in [2.45, 2.75) is 45.4 Å². The molecule has 0 radical (unpaired) electrons. The van der Waals surface area contributed by atoms with Crippen molar-refractivity contribution in [1.82, 2.24) is 5.32 Å². The molecule has 23 heavy (non-hydrogen) atoms. The Hall–Kier alpha value is -2.30.